The predicted molar refractivity (Wildman–Crippen MR) is 96.8 cm³/mol. The molecular formula is C19H26N2OS. The van der Waals surface area contributed by atoms with Crippen molar-refractivity contribution < 1.29 is 5.11 Å². The van der Waals surface area contributed by atoms with Crippen LogP contribution in [0.1, 0.15) is 54.8 Å². The fourth-order valence-electron chi connectivity index (χ4n) is 3.30. The molecule has 1 aliphatic carbocycles. The topological polar surface area (TPSA) is 45.2 Å². The Labute approximate surface area is 142 Å². The van der Waals surface area contributed by atoms with E-state index in [1.807, 2.05) is 0 Å². The summed E-state index contributed by atoms with van der Waals surface area (Å²) in [5.41, 5.74) is 3.60. The van der Waals surface area contributed by atoms with Gasteiger partial charge < -0.3 is 10.4 Å². The van der Waals surface area contributed by atoms with Gasteiger partial charge in [-0.05, 0) is 46.5 Å². The molecule has 1 aliphatic rings. The smallest absolute Gasteiger partial charge is 0.123 e. The van der Waals surface area contributed by atoms with Crippen molar-refractivity contribution in [3.63, 3.8) is 0 Å². The van der Waals surface area contributed by atoms with Crippen LogP contribution in [-0.4, -0.2) is 22.2 Å². The molecule has 23 heavy (non-hydrogen) atoms. The van der Waals surface area contributed by atoms with Crippen molar-refractivity contribution in [1.82, 2.24) is 10.3 Å². The number of rotatable bonds is 4. The number of aliphatic hydroxyl groups excluding tert-OH is 1. The van der Waals surface area contributed by atoms with Crippen LogP contribution in [0.2, 0.25) is 0 Å². The third kappa shape index (κ3) is 4.00. The maximum Gasteiger partial charge on any atom is 0.123 e. The minimum atomic E-state index is -0.0957. The van der Waals surface area contributed by atoms with Crippen LogP contribution in [0, 0.1) is 13.8 Å². The summed E-state index contributed by atoms with van der Waals surface area (Å²) in [6.45, 7) is 6.44. The first-order valence-corrected chi connectivity index (χ1v) is 9.33. The lowest BCUT2D eigenvalue weighted by Gasteiger charge is -2.28. The SMILES string of the molecule is Cc1ccc(-c2nc(C)c(C(C)NC3CCC(O)CC3)s2)cc1. The molecule has 1 aromatic heterocycles. The van der Waals surface area contributed by atoms with Gasteiger partial charge >= 0.3 is 0 Å². The number of hydrogen-bond donors (Lipinski definition) is 2. The predicted octanol–water partition coefficient (Wildman–Crippen LogP) is 4.38. The van der Waals surface area contributed by atoms with Crippen molar-refractivity contribution in [1.29, 1.82) is 0 Å². The van der Waals surface area contributed by atoms with Crippen molar-refractivity contribution in [2.45, 2.75) is 64.6 Å². The Morgan fingerprint density at radius 3 is 2.43 bits per heavy atom. The standard InChI is InChI=1S/C19H26N2OS/c1-12-4-6-15(7-5-12)19-21-14(3)18(23-19)13(2)20-16-8-10-17(22)11-9-16/h4-7,13,16-17,20,22H,8-11H2,1-3H3. The molecule has 0 aliphatic heterocycles. The Morgan fingerprint density at radius 1 is 1.13 bits per heavy atom. The summed E-state index contributed by atoms with van der Waals surface area (Å²) in [4.78, 5) is 6.10. The highest BCUT2D eigenvalue weighted by Crippen LogP contribution is 2.32. The van der Waals surface area contributed by atoms with Crippen LogP contribution in [-0.2, 0) is 0 Å². The van der Waals surface area contributed by atoms with E-state index in [-0.39, 0.29) is 6.10 Å². The lowest BCUT2D eigenvalue weighted by atomic mass is 9.92. The van der Waals surface area contributed by atoms with Gasteiger partial charge in [0.05, 0.1) is 11.8 Å². The zero-order valence-corrected chi connectivity index (χ0v) is 15.0. The summed E-state index contributed by atoms with van der Waals surface area (Å²) in [6.07, 6.45) is 3.87. The largest absolute Gasteiger partial charge is 0.393 e. The van der Waals surface area contributed by atoms with Gasteiger partial charge in [0, 0.05) is 22.5 Å². The van der Waals surface area contributed by atoms with Gasteiger partial charge in [-0.3, -0.25) is 0 Å². The van der Waals surface area contributed by atoms with E-state index in [0.29, 0.717) is 12.1 Å². The van der Waals surface area contributed by atoms with Crippen molar-refractivity contribution in [2.75, 3.05) is 0 Å². The summed E-state index contributed by atoms with van der Waals surface area (Å²) in [7, 11) is 0. The zero-order valence-electron chi connectivity index (χ0n) is 14.2. The fraction of sp³-hybridized carbons (Fsp3) is 0.526. The fourth-order valence-corrected chi connectivity index (χ4v) is 4.38. The molecule has 0 bridgehead atoms. The first-order chi connectivity index (χ1) is 11.0. The van der Waals surface area contributed by atoms with Crippen molar-refractivity contribution in [2.24, 2.45) is 0 Å². The minimum absolute atomic E-state index is 0.0957. The lowest BCUT2D eigenvalue weighted by Crippen LogP contribution is -2.36. The Balaban J connectivity index is 1.71. The second-order valence-electron chi connectivity index (χ2n) is 6.73. The van der Waals surface area contributed by atoms with E-state index in [0.717, 1.165) is 36.4 Å². The van der Waals surface area contributed by atoms with E-state index in [4.69, 9.17) is 4.98 Å². The van der Waals surface area contributed by atoms with Gasteiger partial charge in [0.1, 0.15) is 5.01 Å². The molecule has 1 aromatic carbocycles. The Morgan fingerprint density at radius 2 is 1.78 bits per heavy atom. The molecule has 1 unspecified atom stereocenters. The van der Waals surface area contributed by atoms with Crippen LogP contribution >= 0.6 is 11.3 Å². The Bertz CT molecular complexity index is 642. The normalized spacial score (nSPS) is 23.0. The van der Waals surface area contributed by atoms with Gasteiger partial charge in [-0.2, -0.15) is 0 Å². The number of aliphatic hydroxyl groups is 1. The average molecular weight is 330 g/mol. The average Bonchev–Trinajstić information content (AvgIpc) is 2.92. The van der Waals surface area contributed by atoms with E-state index in [2.05, 4.69) is 50.4 Å². The van der Waals surface area contributed by atoms with Gasteiger partial charge in [-0.25, -0.2) is 4.98 Å². The van der Waals surface area contributed by atoms with Crippen LogP contribution < -0.4 is 5.32 Å². The van der Waals surface area contributed by atoms with E-state index in [1.165, 1.54) is 16.0 Å². The monoisotopic (exact) mass is 330 g/mol. The number of aryl methyl sites for hydroxylation is 2. The molecule has 1 atom stereocenters. The molecule has 0 radical (unpaired) electrons. The summed E-state index contributed by atoms with van der Waals surface area (Å²) >= 11 is 1.79. The molecule has 2 N–H and O–H groups in total. The molecule has 3 nitrogen and oxygen atoms in total. The van der Waals surface area contributed by atoms with E-state index < -0.39 is 0 Å². The van der Waals surface area contributed by atoms with E-state index in [1.54, 1.807) is 11.3 Å². The highest BCUT2D eigenvalue weighted by atomic mass is 32.1. The molecule has 4 heteroatoms. The molecule has 0 amide bonds. The summed E-state index contributed by atoms with van der Waals surface area (Å²) in [5, 5.41) is 14.5. The number of hydrogen-bond acceptors (Lipinski definition) is 4. The number of nitrogens with one attached hydrogen (secondary N) is 1. The first-order valence-electron chi connectivity index (χ1n) is 8.51. The first kappa shape index (κ1) is 16.6. The molecule has 1 saturated carbocycles. The van der Waals surface area contributed by atoms with Crippen molar-refractivity contribution >= 4 is 11.3 Å². The van der Waals surface area contributed by atoms with Crippen LogP contribution in [0.15, 0.2) is 24.3 Å². The summed E-state index contributed by atoms with van der Waals surface area (Å²) in [6, 6.07) is 9.40. The lowest BCUT2D eigenvalue weighted by molar-refractivity contribution is 0.114. The Hall–Kier alpha value is -1.23. The maximum absolute atomic E-state index is 9.64. The van der Waals surface area contributed by atoms with Crippen LogP contribution in [0.25, 0.3) is 10.6 Å². The molecule has 3 rings (SSSR count). The highest BCUT2D eigenvalue weighted by molar-refractivity contribution is 7.15. The second-order valence-corrected chi connectivity index (χ2v) is 7.76. The Kier molecular flexibility index (Phi) is 5.14. The molecule has 2 aromatic rings. The number of benzene rings is 1. The number of aromatic nitrogens is 1. The number of nitrogens with zero attached hydrogens (tertiary/aromatic N) is 1. The van der Waals surface area contributed by atoms with Crippen LogP contribution in [0.5, 0.6) is 0 Å². The number of thiazole rings is 1. The van der Waals surface area contributed by atoms with E-state index in [9.17, 15) is 5.11 Å². The van der Waals surface area contributed by atoms with Gasteiger partial charge in [-0.1, -0.05) is 29.8 Å². The molecule has 0 saturated heterocycles. The third-order valence-electron chi connectivity index (χ3n) is 4.71. The third-order valence-corrected chi connectivity index (χ3v) is 6.10. The molecular weight excluding hydrogens is 304 g/mol. The molecule has 1 fully saturated rings. The summed E-state index contributed by atoms with van der Waals surface area (Å²) < 4.78 is 0. The molecule has 1 heterocycles. The van der Waals surface area contributed by atoms with Gasteiger partial charge in [0.15, 0.2) is 0 Å². The molecule has 0 spiro atoms. The minimum Gasteiger partial charge on any atom is -0.393 e. The highest BCUT2D eigenvalue weighted by Gasteiger charge is 2.23. The zero-order chi connectivity index (χ0) is 16.4. The van der Waals surface area contributed by atoms with Gasteiger partial charge in [0.2, 0.25) is 0 Å². The second kappa shape index (κ2) is 7.12. The van der Waals surface area contributed by atoms with E-state index >= 15 is 0 Å². The van der Waals surface area contributed by atoms with Crippen LogP contribution in [0.4, 0.5) is 0 Å². The van der Waals surface area contributed by atoms with Crippen LogP contribution in [0.3, 0.4) is 0 Å². The van der Waals surface area contributed by atoms with Crippen molar-refractivity contribution in [3.8, 4) is 10.6 Å². The van der Waals surface area contributed by atoms with Gasteiger partial charge in [-0.15, -0.1) is 11.3 Å². The summed E-state index contributed by atoms with van der Waals surface area (Å²) in [5.74, 6) is 0. The van der Waals surface area contributed by atoms with Crippen molar-refractivity contribution in [3.05, 3.63) is 40.4 Å². The van der Waals surface area contributed by atoms with Gasteiger partial charge in [0.25, 0.3) is 0 Å². The quantitative estimate of drug-likeness (QED) is 0.874. The molecule has 124 valence electrons. The maximum atomic E-state index is 9.64.